The molecule has 4 heteroatoms. The average molecular weight is 267 g/mol. The Morgan fingerprint density at radius 3 is 2.26 bits per heavy atom. The zero-order valence-electron chi connectivity index (χ0n) is 12.6. The highest BCUT2D eigenvalue weighted by atomic mass is 16.5. The molecule has 0 saturated carbocycles. The molecule has 0 aromatic rings. The fourth-order valence-corrected chi connectivity index (χ4v) is 2.07. The number of nitrogens with one attached hydrogen (secondary N) is 1. The van der Waals surface area contributed by atoms with Crippen LogP contribution in [0.5, 0.6) is 0 Å². The predicted molar refractivity (Wildman–Crippen MR) is 75.3 cm³/mol. The lowest BCUT2D eigenvalue weighted by molar-refractivity contribution is -0.157. The number of hydrogen-bond donors (Lipinski definition) is 1. The number of rotatable bonds is 7. The van der Waals surface area contributed by atoms with Crippen LogP contribution in [-0.2, 0) is 14.3 Å². The third-order valence-corrected chi connectivity index (χ3v) is 3.35. The second-order valence-electron chi connectivity index (χ2n) is 5.58. The monoisotopic (exact) mass is 267 g/mol. The van der Waals surface area contributed by atoms with Crippen molar-refractivity contribution in [3.05, 3.63) is 0 Å². The molecule has 0 bridgehead atoms. The fourth-order valence-electron chi connectivity index (χ4n) is 2.07. The molecule has 0 rings (SSSR count). The maximum atomic E-state index is 12.0. The Morgan fingerprint density at radius 1 is 1.26 bits per heavy atom. The second-order valence-corrected chi connectivity index (χ2v) is 5.58. The van der Waals surface area contributed by atoms with Crippen LogP contribution in [0.2, 0.25) is 0 Å². The topological polar surface area (TPSA) is 55.4 Å². The molecule has 0 aromatic heterocycles. The summed E-state index contributed by atoms with van der Waals surface area (Å²) in [6.07, 6.45) is 6.17. The SMILES string of the molecule is C#CCNC(=O)C(C)(C)CC(C)(CC)C(=O)OCC. The molecule has 1 unspecified atom stereocenters. The van der Waals surface area contributed by atoms with Crippen molar-refractivity contribution in [1.29, 1.82) is 0 Å². The van der Waals surface area contributed by atoms with Gasteiger partial charge in [-0.15, -0.1) is 6.42 Å². The van der Waals surface area contributed by atoms with Crippen LogP contribution >= 0.6 is 0 Å². The molecule has 0 aliphatic rings. The van der Waals surface area contributed by atoms with Crippen molar-refractivity contribution < 1.29 is 14.3 Å². The maximum Gasteiger partial charge on any atom is 0.311 e. The van der Waals surface area contributed by atoms with Gasteiger partial charge in [0.15, 0.2) is 0 Å². The highest BCUT2D eigenvalue weighted by molar-refractivity contribution is 5.84. The van der Waals surface area contributed by atoms with Gasteiger partial charge in [-0.05, 0) is 26.7 Å². The van der Waals surface area contributed by atoms with E-state index in [1.54, 1.807) is 6.92 Å². The van der Waals surface area contributed by atoms with E-state index in [0.717, 1.165) is 0 Å². The Kier molecular flexibility index (Phi) is 6.61. The predicted octanol–water partition coefficient (Wildman–Crippen LogP) is 2.13. The van der Waals surface area contributed by atoms with Crippen LogP contribution in [0.1, 0.15) is 47.5 Å². The van der Waals surface area contributed by atoms with Gasteiger partial charge >= 0.3 is 5.97 Å². The molecule has 0 aliphatic carbocycles. The standard InChI is InChI=1S/C15H25NO3/c1-7-10-16-12(17)14(4,5)11-15(6,8-2)13(18)19-9-3/h1H,8-11H2,2-6H3,(H,16,17). The molecule has 4 nitrogen and oxygen atoms in total. The highest BCUT2D eigenvalue weighted by Crippen LogP contribution is 2.37. The van der Waals surface area contributed by atoms with E-state index in [-0.39, 0.29) is 18.4 Å². The van der Waals surface area contributed by atoms with Gasteiger partial charge in [-0.1, -0.05) is 26.7 Å². The van der Waals surface area contributed by atoms with Crippen molar-refractivity contribution in [1.82, 2.24) is 5.32 Å². The van der Waals surface area contributed by atoms with E-state index in [4.69, 9.17) is 11.2 Å². The van der Waals surface area contributed by atoms with Crippen LogP contribution in [0.25, 0.3) is 0 Å². The summed E-state index contributed by atoms with van der Waals surface area (Å²) in [6, 6.07) is 0. The highest BCUT2D eigenvalue weighted by Gasteiger charge is 2.41. The summed E-state index contributed by atoms with van der Waals surface area (Å²) in [6.45, 7) is 9.70. The van der Waals surface area contributed by atoms with E-state index < -0.39 is 10.8 Å². The molecule has 0 spiro atoms. The summed E-state index contributed by atoms with van der Waals surface area (Å²) in [5, 5.41) is 2.66. The molecule has 0 aliphatic heterocycles. The van der Waals surface area contributed by atoms with Gasteiger partial charge in [0.2, 0.25) is 5.91 Å². The van der Waals surface area contributed by atoms with Crippen LogP contribution in [0.15, 0.2) is 0 Å². The lowest BCUT2D eigenvalue weighted by Crippen LogP contribution is -2.43. The van der Waals surface area contributed by atoms with Gasteiger partial charge in [0.05, 0.1) is 18.6 Å². The van der Waals surface area contributed by atoms with Gasteiger partial charge in [0.1, 0.15) is 0 Å². The van der Waals surface area contributed by atoms with E-state index >= 15 is 0 Å². The molecule has 0 heterocycles. The van der Waals surface area contributed by atoms with Crippen molar-refractivity contribution in [3.8, 4) is 12.3 Å². The van der Waals surface area contributed by atoms with Gasteiger partial charge in [0.25, 0.3) is 0 Å². The zero-order chi connectivity index (χ0) is 15.1. The minimum atomic E-state index is -0.672. The van der Waals surface area contributed by atoms with E-state index in [9.17, 15) is 9.59 Å². The largest absolute Gasteiger partial charge is 0.466 e. The Bertz CT molecular complexity index is 368. The van der Waals surface area contributed by atoms with E-state index in [2.05, 4.69) is 11.2 Å². The lowest BCUT2D eigenvalue weighted by Gasteiger charge is -2.34. The van der Waals surface area contributed by atoms with Crippen LogP contribution < -0.4 is 5.32 Å². The number of esters is 1. The van der Waals surface area contributed by atoms with E-state index in [1.807, 2.05) is 27.7 Å². The second kappa shape index (κ2) is 7.18. The molecule has 0 saturated heterocycles. The molecular weight excluding hydrogens is 242 g/mol. The Hall–Kier alpha value is -1.50. The average Bonchev–Trinajstić information content (AvgIpc) is 2.35. The molecule has 108 valence electrons. The number of hydrogen-bond acceptors (Lipinski definition) is 3. The van der Waals surface area contributed by atoms with Crippen LogP contribution in [0, 0.1) is 23.2 Å². The van der Waals surface area contributed by atoms with Gasteiger partial charge in [-0.2, -0.15) is 0 Å². The lowest BCUT2D eigenvalue weighted by atomic mass is 9.72. The van der Waals surface area contributed by atoms with Crippen molar-refractivity contribution in [2.24, 2.45) is 10.8 Å². The molecule has 19 heavy (non-hydrogen) atoms. The van der Waals surface area contributed by atoms with Gasteiger partial charge < -0.3 is 10.1 Å². The summed E-state index contributed by atoms with van der Waals surface area (Å²) in [5.41, 5.74) is -1.33. The van der Waals surface area contributed by atoms with Crippen LogP contribution in [0.4, 0.5) is 0 Å². The summed E-state index contributed by atoms with van der Waals surface area (Å²) < 4.78 is 5.10. The third kappa shape index (κ3) is 4.94. The Labute approximate surface area is 116 Å². The first-order valence-corrected chi connectivity index (χ1v) is 6.62. The summed E-state index contributed by atoms with van der Waals surface area (Å²) in [7, 11) is 0. The Morgan fingerprint density at radius 2 is 1.84 bits per heavy atom. The number of ether oxygens (including phenoxy) is 1. The minimum absolute atomic E-state index is 0.144. The summed E-state index contributed by atoms with van der Waals surface area (Å²) in [4.78, 5) is 24.1. The van der Waals surface area contributed by atoms with Crippen molar-refractivity contribution >= 4 is 11.9 Å². The quantitative estimate of drug-likeness (QED) is 0.568. The first-order valence-electron chi connectivity index (χ1n) is 6.62. The molecule has 1 N–H and O–H groups in total. The summed E-state index contributed by atoms with van der Waals surface area (Å²) in [5.74, 6) is 1.97. The van der Waals surface area contributed by atoms with E-state index in [1.165, 1.54) is 0 Å². The molecule has 0 radical (unpaired) electrons. The first kappa shape index (κ1) is 17.5. The molecule has 0 fully saturated rings. The number of amides is 1. The zero-order valence-corrected chi connectivity index (χ0v) is 12.6. The number of carbonyl (C=O) groups excluding carboxylic acids is 2. The normalized spacial score (nSPS) is 14.1. The number of terminal acetylenes is 1. The first-order chi connectivity index (χ1) is 8.73. The smallest absolute Gasteiger partial charge is 0.311 e. The Balaban J connectivity index is 4.90. The van der Waals surface area contributed by atoms with Gasteiger partial charge in [-0.25, -0.2) is 0 Å². The van der Waals surface area contributed by atoms with Crippen molar-refractivity contribution in [2.75, 3.05) is 13.2 Å². The van der Waals surface area contributed by atoms with Crippen LogP contribution in [0.3, 0.4) is 0 Å². The van der Waals surface area contributed by atoms with Crippen LogP contribution in [-0.4, -0.2) is 25.0 Å². The molecular formula is C15H25NO3. The minimum Gasteiger partial charge on any atom is -0.466 e. The fraction of sp³-hybridized carbons (Fsp3) is 0.733. The van der Waals surface area contributed by atoms with Gasteiger partial charge in [-0.3, -0.25) is 9.59 Å². The third-order valence-electron chi connectivity index (χ3n) is 3.35. The van der Waals surface area contributed by atoms with Crippen molar-refractivity contribution in [2.45, 2.75) is 47.5 Å². The number of carbonyl (C=O) groups is 2. The molecule has 0 aromatic carbocycles. The maximum absolute atomic E-state index is 12.0. The molecule has 1 atom stereocenters. The summed E-state index contributed by atoms with van der Waals surface area (Å²) >= 11 is 0. The van der Waals surface area contributed by atoms with Crippen molar-refractivity contribution in [3.63, 3.8) is 0 Å². The van der Waals surface area contributed by atoms with E-state index in [0.29, 0.717) is 19.4 Å². The van der Waals surface area contributed by atoms with Gasteiger partial charge in [0, 0.05) is 5.41 Å². The molecule has 1 amide bonds.